The molecule has 0 spiro atoms. The Balaban J connectivity index is 2.99. The van der Waals surface area contributed by atoms with Crippen LogP contribution in [0.5, 0.6) is 0 Å². The molecule has 0 aliphatic carbocycles. The minimum Gasteiger partial charge on any atom is -0.480 e. The van der Waals surface area contributed by atoms with Gasteiger partial charge in [0.2, 0.25) is 0 Å². The molecule has 0 radical (unpaired) electrons. The molecule has 96 valence electrons. The predicted octanol–water partition coefficient (Wildman–Crippen LogP) is -0.921. The van der Waals surface area contributed by atoms with Crippen LogP contribution in [0.2, 0.25) is 0 Å². The fourth-order valence-corrected chi connectivity index (χ4v) is 1.82. The number of nitrogens with zero attached hydrogens (tertiary/aromatic N) is 4. The average molecular weight is 252 g/mol. The van der Waals surface area contributed by atoms with Crippen LogP contribution in [-0.2, 0) is 18.9 Å². The lowest BCUT2D eigenvalue weighted by molar-refractivity contribution is -0.140. The standard InChI is InChI=1S/C10H12N4O4/c1-5(9(16)17)14-8(15)6-7(11-4-12(6)2)13(3)10(14)18/h4-5H,1-3H3,(H,16,17). The van der Waals surface area contributed by atoms with Gasteiger partial charge in [-0.15, -0.1) is 0 Å². The number of fused-ring (bicyclic) bond motifs is 1. The second-order valence-electron chi connectivity index (χ2n) is 4.06. The Hall–Kier alpha value is -2.38. The van der Waals surface area contributed by atoms with Gasteiger partial charge in [-0.2, -0.15) is 0 Å². The molecule has 8 heteroatoms. The molecule has 1 atom stereocenters. The van der Waals surface area contributed by atoms with Gasteiger partial charge in [0.15, 0.2) is 11.2 Å². The summed E-state index contributed by atoms with van der Waals surface area (Å²) in [6.07, 6.45) is 1.40. The molecule has 8 nitrogen and oxygen atoms in total. The maximum absolute atomic E-state index is 12.2. The van der Waals surface area contributed by atoms with Gasteiger partial charge >= 0.3 is 11.7 Å². The van der Waals surface area contributed by atoms with Crippen molar-refractivity contribution in [2.45, 2.75) is 13.0 Å². The average Bonchev–Trinajstić information content (AvgIpc) is 2.68. The van der Waals surface area contributed by atoms with Gasteiger partial charge < -0.3 is 9.67 Å². The number of rotatable bonds is 2. The van der Waals surface area contributed by atoms with Crippen LogP contribution in [-0.4, -0.2) is 29.8 Å². The molecule has 2 aromatic heterocycles. The lowest BCUT2D eigenvalue weighted by Gasteiger charge is -2.11. The van der Waals surface area contributed by atoms with Gasteiger partial charge in [0.25, 0.3) is 5.56 Å². The monoisotopic (exact) mass is 252 g/mol. The molecule has 1 N–H and O–H groups in total. The molecule has 1 unspecified atom stereocenters. The van der Waals surface area contributed by atoms with Gasteiger partial charge in [-0.3, -0.25) is 9.36 Å². The largest absolute Gasteiger partial charge is 0.480 e. The Labute approximate surface area is 101 Å². The van der Waals surface area contributed by atoms with Gasteiger partial charge in [-0.25, -0.2) is 19.1 Å². The van der Waals surface area contributed by atoms with Crippen molar-refractivity contribution in [3.63, 3.8) is 0 Å². The summed E-state index contributed by atoms with van der Waals surface area (Å²) in [4.78, 5) is 39.0. The molecular weight excluding hydrogens is 240 g/mol. The Bertz CT molecular complexity index is 752. The van der Waals surface area contributed by atoms with Gasteiger partial charge in [0, 0.05) is 14.1 Å². The molecule has 0 bridgehead atoms. The van der Waals surface area contributed by atoms with E-state index in [1.807, 2.05) is 0 Å². The topological polar surface area (TPSA) is 99.1 Å². The maximum atomic E-state index is 12.2. The summed E-state index contributed by atoms with van der Waals surface area (Å²) in [6, 6.07) is -1.23. The molecule has 0 fully saturated rings. The van der Waals surface area contributed by atoms with Crippen molar-refractivity contribution in [3.8, 4) is 0 Å². The van der Waals surface area contributed by atoms with Crippen LogP contribution in [0.15, 0.2) is 15.9 Å². The number of hydrogen-bond acceptors (Lipinski definition) is 4. The smallest absolute Gasteiger partial charge is 0.333 e. The van der Waals surface area contributed by atoms with E-state index in [2.05, 4.69) is 4.98 Å². The molecule has 2 heterocycles. The number of hydrogen-bond donors (Lipinski definition) is 1. The number of imidazole rings is 1. The Morgan fingerprint density at radius 2 is 2.00 bits per heavy atom. The van der Waals surface area contributed by atoms with Crippen molar-refractivity contribution in [3.05, 3.63) is 27.2 Å². The van der Waals surface area contributed by atoms with Crippen molar-refractivity contribution in [2.75, 3.05) is 0 Å². The third-order valence-electron chi connectivity index (χ3n) is 2.89. The van der Waals surface area contributed by atoms with Crippen LogP contribution in [0.3, 0.4) is 0 Å². The Kier molecular flexibility index (Phi) is 2.57. The third kappa shape index (κ3) is 1.45. The summed E-state index contributed by atoms with van der Waals surface area (Å²) in [5.41, 5.74) is -0.907. The van der Waals surface area contributed by atoms with E-state index < -0.39 is 23.3 Å². The van der Waals surface area contributed by atoms with Crippen molar-refractivity contribution >= 4 is 17.1 Å². The van der Waals surface area contributed by atoms with Crippen molar-refractivity contribution in [2.24, 2.45) is 14.1 Å². The summed E-state index contributed by atoms with van der Waals surface area (Å²) in [5.74, 6) is -1.24. The Morgan fingerprint density at radius 1 is 1.39 bits per heavy atom. The van der Waals surface area contributed by atoms with Gasteiger partial charge in [-0.05, 0) is 6.92 Å². The quantitative estimate of drug-likeness (QED) is 0.745. The fourth-order valence-electron chi connectivity index (χ4n) is 1.82. The lowest BCUT2D eigenvalue weighted by atomic mass is 10.3. The van der Waals surface area contributed by atoms with Crippen LogP contribution < -0.4 is 11.2 Å². The van der Waals surface area contributed by atoms with E-state index in [1.54, 1.807) is 7.05 Å². The highest BCUT2D eigenvalue weighted by Crippen LogP contribution is 2.06. The molecule has 2 aromatic rings. The number of carboxylic acids is 1. The summed E-state index contributed by atoms with van der Waals surface area (Å²) >= 11 is 0. The molecule has 0 saturated carbocycles. The summed E-state index contributed by atoms with van der Waals surface area (Å²) in [7, 11) is 3.05. The first kappa shape index (κ1) is 12.1. The highest BCUT2D eigenvalue weighted by atomic mass is 16.4. The van der Waals surface area contributed by atoms with E-state index >= 15 is 0 Å². The summed E-state index contributed by atoms with van der Waals surface area (Å²) in [5, 5.41) is 8.94. The molecule has 0 amide bonds. The van der Waals surface area contributed by atoms with E-state index in [4.69, 9.17) is 5.11 Å². The first-order valence-corrected chi connectivity index (χ1v) is 5.21. The molecular formula is C10H12N4O4. The van der Waals surface area contributed by atoms with Crippen LogP contribution in [0.4, 0.5) is 0 Å². The normalized spacial score (nSPS) is 12.8. The molecule has 0 aromatic carbocycles. The van der Waals surface area contributed by atoms with E-state index in [0.717, 1.165) is 4.57 Å². The molecule has 0 aliphatic rings. The number of aryl methyl sites for hydroxylation is 2. The van der Waals surface area contributed by atoms with Crippen molar-refractivity contribution in [1.29, 1.82) is 0 Å². The van der Waals surface area contributed by atoms with E-state index in [-0.39, 0.29) is 11.2 Å². The highest BCUT2D eigenvalue weighted by Gasteiger charge is 2.22. The van der Waals surface area contributed by atoms with Gasteiger partial charge in [0.05, 0.1) is 6.33 Å². The first-order valence-electron chi connectivity index (χ1n) is 5.21. The number of aliphatic carboxylic acids is 1. The van der Waals surface area contributed by atoms with Gasteiger partial charge in [0.1, 0.15) is 6.04 Å². The summed E-state index contributed by atoms with van der Waals surface area (Å²) < 4.78 is 3.34. The molecule has 2 rings (SSSR count). The molecule has 0 saturated heterocycles. The van der Waals surface area contributed by atoms with Crippen LogP contribution in [0, 0.1) is 0 Å². The first-order chi connectivity index (χ1) is 8.36. The SMILES string of the molecule is CC(C(=O)O)n1c(=O)c2c(ncn2C)n(C)c1=O. The van der Waals surface area contributed by atoms with E-state index in [9.17, 15) is 14.4 Å². The van der Waals surface area contributed by atoms with E-state index in [0.29, 0.717) is 4.57 Å². The second-order valence-corrected chi connectivity index (χ2v) is 4.06. The maximum Gasteiger partial charge on any atom is 0.333 e. The zero-order valence-electron chi connectivity index (χ0n) is 10.1. The number of carbonyl (C=O) groups is 1. The van der Waals surface area contributed by atoms with E-state index in [1.165, 1.54) is 24.9 Å². The molecule has 0 aliphatic heterocycles. The minimum atomic E-state index is -1.24. The molecule has 18 heavy (non-hydrogen) atoms. The van der Waals surface area contributed by atoms with Gasteiger partial charge in [-0.1, -0.05) is 0 Å². The zero-order chi connectivity index (χ0) is 13.6. The van der Waals surface area contributed by atoms with Crippen LogP contribution in [0.1, 0.15) is 13.0 Å². The zero-order valence-corrected chi connectivity index (χ0v) is 10.1. The third-order valence-corrected chi connectivity index (χ3v) is 2.89. The van der Waals surface area contributed by atoms with Crippen LogP contribution in [0.25, 0.3) is 11.2 Å². The second kappa shape index (κ2) is 3.83. The summed E-state index contributed by atoms with van der Waals surface area (Å²) in [6.45, 7) is 1.29. The number of carboxylic acid groups (broad SMARTS) is 1. The number of aromatic nitrogens is 4. The minimum absolute atomic E-state index is 0.199. The highest BCUT2D eigenvalue weighted by molar-refractivity contribution is 5.73. The van der Waals surface area contributed by atoms with Crippen LogP contribution >= 0.6 is 0 Å². The fraction of sp³-hybridized carbons (Fsp3) is 0.400. The predicted molar refractivity (Wildman–Crippen MR) is 62.6 cm³/mol. The lowest BCUT2D eigenvalue weighted by Crippen LogP contribution is -2.43. The van der Waals surface area contributed by atoms with Crippen molar-refractivity contribution < 1.29 is 9.90 Å². The Morgan fingerprint density at radius 3 is 2.56 bits per heavy atom. The van der Waals surface area contributed by atoms with Crippen molar-refractivity contribution in [1.82, 2.24) is 18.7 Å².